The van der Waals surface area contributed by atoms with E-state index in [4.69, 9.17) is 0 Å². The SMILES string of the molecule is CCCN1CCC(NC(=O)c2cccc3cccnc23)CC1. The lowest BCUT2D eigenvalue weighted by atomic mass is 10.0. The van der Waals surface area contributed by atoms with E-state index in [1.165, 1.54) is 6.42 Å². The van der Waals surface area contributed by atoms with Gasteiger partial charge in [0.05, 0.1) is 11.1 Å². The van der Waals surface area contributed by atoms with E-state index in [0.29, 0.717) is 5.56 Å². The van der Waals surface area contributed by atoms with Gasteiger partial charge < -0.3 is 10.2 Å². The summed E-state index contributed by atoms with van der Waals surface area (Å²) in [6.45, 7) is 5.52. The second-order valence-corrected chi connectivity index (χ2v) is 5.97. The molecule has 1 saturated heterocycles. The smallest absolute Gasteiger partial charge is 0.253 e. The van der Waals surface area contributed by atoms with Crippen LogP contribution in [-0.4, -0.2) is 41.5 Å². The Balaban J connectivity index is 1.67. The monoisotopic (exact) mass is 297 g/mol. The molecule has 22 heavy (non-hydrogen) atoms. The second kappa shape index (κ2) is 6.88. The predicted octanol–water partition coefficient (Wildman–Crippen LogP) is 2.84. The summed E-state index contributed by atoms with van der Waals surface area (Å²) in [6, 6.07) is 9.93. The summed E-state index contributed by atoms with van der Waals surface area (Å²) < 4.78 is 0. The van der Waals surface area contributed by atoms with Crippen molar-refractivity contribution in [3.63, 3.8) is 0 Å². The number of hydrogen-bond donors (Lipinski definition) is 1. The molecule has 1 aliphatic heterocycles. The minimum atomic E-state index is -0.00163. The number of carbonyl (C=O) groups is 1. The quantitative estimate of drug-likeness (QED) is 0.944. The number of para-hydroxylation sites is 1. The van der Waals surface area contributed by atoms with E-state index < -0.39 is 0 Å². The van der Waals surface area contributed by atoms with E-state index in [0.717, 1.165) is 43.4 Å². The van der Waals surface area contributed by atoms with Crippen LogP contribution >= 0.6 is 0 Å². The van der Waals surface area contributed by atoms with Gasteiger partial charge in [0.2, 0.25) is 0 Å². The van der Waals surface area contributed by atoms with Gasteiger partial charge in [-0.25, -0.2) is 0 Å². The van der Waals surface area contributed by atoms with Gasteiger partial charge in [0.25, 0.3) is 5.91 Å². The van der Waals surface area contributed by atoms with Gasteiger partial charge in [-0.3, -0.25) is 9.78 Å². The number of nitrogens with zero attached hydrogens (tertiary/aromatic N) is 2. The molecule has 0 spiro atoms. The van der Waals surface area contributed by atoms with Gasteiger partial charge in [0.15, 0.2) is 0 Å². The molecule has 1 N–H and O–H groups in total. The molecule has 1 amide bonds. The number of carbonyl (C=O) groups excluding carboxylic acids is 1. The minimum Gasteiger partial charge on any atom is -0.349 e. The van der Waals surface area contributed by atoms with E-state index in [9.17, 15) is 4.79 Å². The highest BCUT2D eigenvalue weighted by Crippen LogP contribution is 2.17. The lowest BCUT2D eigenvalue weighted by Gasteiger charge is -2.32. The number of aromatic nitrogens is 1. The standard InChI is InChI=1S/C18H23N3O/c1-2-11-21-12-8-15(9-13-21)20-18(22)16-7-3-5-14-6-4-10-19-17(14)16/h3-7,10,15H,2,8-9,11-13H2,1H3,(H,20,22). The maximum absolute atomic E-state index is 12.6. The summed E-state index contributed by atoms with van der Waals surface area (Å²) in [4.78, 5) is 19.4. The maximum Gasteiger partial charge on any atom is 0.253 e. The van der Waals surface area contributed by atoms with Crippen LogP contribution in [0.5, 0.6) is 0 Å². The number of nitrogens with one attached hydrogen (secondary N) is 1. The molecule has 4 heteroatoms. The Hall–Kier alpha value is -1.94. The van der Waals surface area contributed by atoms with Crippen LogP contribution in [0, 0.1) is 0 Å². The Bertz CT molecular complexity index is 642. The molecule has 3 rings (SSSR count). The van der Waals surface area contributed by atoms with Gasteiger partial charge in [-0.1, -0.05) is 25.1 Å². The fourth-order valence-electron chi connectivity index (χ4n) is 3.17. The van der Waals surface area contributed by atoms with Crippen molar-refractivity contribution in [3.05, 3.63) is 42.1 Å². The lowest BCUT2D eigenvalue weighted by molar-refractivity contribution is 0.0912. The number of pyridine rings is 1. The average molecular weight is 297 g/mol. The lowest BCUT2D eigenvalue weighted by Crippen LogP contribution is -2.44. The first-order chi connectivity index (χ1) is 10.8. The van der Waals surface area contributed by atoms with Crippen molar-refractivity contribution in [2.45, 2.75) is 32.2 Å². The van der Waals surface area contributed by atoms with Crippen LogP contribution in [0.3, 0.4) is 0 Å². The molecule has 0 radical (unpaired) electrons. The molecule has 0 atom stereocenters. The van der Waals surface area contributed by atoms with Gasteiger partial charge in [0, 0.05) is 30.7 Å². The van der Waals surface area contributed by atoms with Crippen LogP contribution in [-0.2, 0) is 0 Å². The van der Waals surface area contributed by atoms with Crippen LogP contribution < -0.4 is 5.32 Å². The molecule has 1 aliphatic rings. The van der Waals surface area contributed by atoms with Crippen molar-refractivity contribution < 1.29 is 4.79 Å². The Morgan fingerprint density at radius 2 is 2.05 bits per heavy atom. The van der Waals surface area contributed by atoms with Crippen LogP contribution in [0.2, 0.25) is 0 Å². The largest absolute Gasteiger partial charge is 0.349 e. The average Bonchev–Trinajstić information content (AvgIpc) is 2.56. The number of amides is 1. The molecule has 4 nitrogen and oxygen atoms in total. The first kappa shape index (κ1) is 15.0. The van der Waals surface area contributed by atoms with Crippen molar-refractivity contribution in [1.29, 1.82) is 0 Å². The highest BCUT2D eigenvalue weighted by atomic mass is 16.1. The van der Waals surface area contributed by atoms with Gasteiger partial charge >= 0.3 is 0 Å². The molecule has 1 aromatic heterocycles. The number of piperidine rings is 1. The zero-order chi connectivity index (χ0) is 15.4. The second-order valence-electron chi connectivity index (χ2n) is 5.97. The Kier molecular flexibility index (Phi) is 4.68. The van der Waals surface area contributed by atoms with Crippen LogP contribution in [0.25, 0.3) is 10.9 Å². The molecule has 0 saturated carbocycles. The van der Waals surface area contributed by atoms with Crippen LogP contribution in [0.15, 0.2) is 36.5 Å². The molecule has 116 valence electrons. The molecule has 0 bridgehead atoms. The summed E-state index contributed by atoms with van der Waals surface area (Å²) in [7, 11) is 0. The summed E-state index contributed by atoms with van der Waals surface area (Å²) in [5.41, 5.74) is 1.46. The van der Waals surface area contributed by atoms with Crippen molar-refractivity contribution >= 4 is 16.8 Å². The maximum atomic E-state index is 12.6. The Morgan fingerprint density at radius 1 is 1.27 bits per heavy atom. The van der Waals surface area contributed by atoms with Gasteiger partial charge in [-0.2, -0.15) is 0 Å². The highest BCUT2D eigenvalue weighted by Gasteiger charge is 2.21. The van der Waals surface area contributed by atoms with E-state index in [2.05, 4.69) is 22.1 Å². The number of fused-ring (bicyclic) bond motifs is 1. The zero-order valence-electron chi connectivity index (χ0n) is 13.1. The van der Waals surface area contributed by atoms with Gasteiger partial charge in [0.1, 0.15) is 0 Å². The summed E-state index contributed by atoms with van der Waals surface area (Å²) >= 11 is 0. The molecule has 2 aromatic rings. The predicted molar refractivity (Wildman–Crippen MR) is 89.0 cm³/mol. The first-order valence-corrected chi connectivity index (χ1v) is 8.15. The summed E-state index contributed by atoms with van der Waals surface area (Å²) in [6.07, 6.45) is 4.99. The minimum absolute atomic E-state index is 0.00163. The third-order valence-electron chi connectivity index (χ3n) is 4.34. The van der Waals surface area contributed by atoms with Crippen LogP contribution in [0.1, 0.15) is 36.5 Å². The molecule has 0 aliphatic carbocycles. The third kappa shape index (κ3) is 3.28. The summed E-state index contributed by atoms with van der Waals surface area (Å²) in [5.74, 6) is -0.00163. The summed E-state index contributed by atoms with van der Waals surface area (Å²) in [5, 5.41) is 4.19. The zero-order valence-corrected chi connectivity index (χ0v) is 13.1. The normalized spacial score (nSPS) is 16.8. The van der Waals surface area contributed by atoms with Crippen molar-refractivity contribution in [2.75, 3.05) is 19.6 Å². The Labute approximate surface area is 131 Å². The van der Waals surface area contributed by atoms with E-state index >= 15 is 0 Å². The topological polar surface area (TPSA) is 45.2 Å². The molecule has 1 aromatic carbocycles. The van der Waals surface area contributed by atoms with E-state index in [1.807, 2.05) is 30.3 Å². The number of rotatable bonds is 4. The van der Waals surface area contributed by atoms with E-state index in [1.54, 1.807) is 6.20 Å². The van der Waals surface area contributed by atoms with Gasteiger partial charge in [-0.05, 0) is 37.9 Å². The molecular weight excluding hydrogens is 274 g/mol. The van der Waals surface area contributed by atoms with Gasteiger partial charge in [-0.15, -0.1) is 0 Å². The fourth-order valence-corrected chi connectivity index (χ4v) is 3.17. The van der Waals surface area contributed by atoms with Crippen molar-refractivity contribution in [1.82, 2.24) is 15.2 Å². The molecule has 1 fully saturated rings. The van der Waals surface area contributed by atoms with Crippen molar-refractivity contribution in [3.8, 4) is 0 Å². The van der Waals surface area contributed by atoms with Crippen molar-refractivity contribution in [2.24, 2.45) is 0 Å². The first-order valence-electron chi connectivity index (χ1n) is 8.15. The van der Waals surface area contributed by atoms with Crippen LogP contribution in [0.4, 0.5) is 0 Å². The highest BCUT2D eigenvalue weighted by molar-refractivity contribution is 6.05. The molecular formula is C18H23N3O. The Morgan fingerprint density at radius 3 is 2.82 bits per heavy atom. The fraction of sp³-hybridized carbons (Fsp3) is 0.444. The number of likely N-dealkylation sites (tertiary alicyclic amines) is 1. The molecule has 0 unspecified atom stereocenters. The molecule has 2 heterocycles. The van der Waals surface area contributed by atoms with E-state index in [-0.39, 0.29) is 11.9 Å². The number of hydrogen-bond acceptors (Lipinski definition) is 3. The third-order valence-corrected chi connectivity index (χ3v) is 4.34. The number of benzene rings is 1.